The highest BCUT2D eigenvalue weighted by atomic mass is 35.5. The number of benzene rings is 1. The molecule has 20 heavy (non-hydrogen) atoms. The predicted octanol–water partition coefficient (Wildman–Crippen LogP) is 3.59. The second-order valence-corrected chi connectivity index (χ2v) is 5.32. The maximum absolute atomic E-state index is 5.93. The van der Waals surface area contributed by atoms with Crippen molar-refractivity contribution in [2.24, 2.45) is 0 Å². The van der Waals surface area contributed by atoms with Crippen molar-refractivity contribution in [2.75, 3.05) is 19.0 Å². The van der Waals surface area contributed by atoms with Crippen LogP contribution in [0.1, 0.15) is 25.5 Å². The summed E-state index contributed by atoms with van der Waals surface area (Å²) in [5, 5.41) is 4.10. The van der Waals surface area contributed by atoms with E-state index in [4.69, 9.17) is 16.3 Å². The lowest BCUT2D eigenvalue weighted by Crippen LogP contribution is -2.24. The van der Waals surface area contributed by atoms with Gasteiger partial charge in [0.2, 0.25) is 5.95 Å². The molecule has 0 spiro atoms. The first-order valence-corrected chi connectivity index (χ1v) is 7.03. The maximum atomic E-state index is 5.93. The lowest BCUT2D eigenvalue weighted by molar-refractivity contribution is 0.190. The third-order valence-electron chi connectivity index (χ3n) is 3.23. The van der Waals surface area contributed by atoms with Gasteiger partial charge in [-0.15, -0.1) is 0 Å². The number of ether oxygens (including phenoxy) is 1. The Morgan fingerprint density at radius 3 is 2.65 bits per heavy atom. The molecule has 4 nitrogen and oxygen atoms in total. The fourth-order valence-electron chi connectivity index (χ4n) is 2.15. The Balaban J connectivity index is 2.16. The largest absolute Gasteiger partial charge is 0.383 e. The van der Waals surface area contributed by atoms with Gasteiger partial charge in [-0.1, -0.05) is 23.7 Å². The first-order chi connectivity index (χ1) is 9.61. The van der Waals surface area contributed by atoms with Crippen molar-refractivity contribution in [1.29, 1.82) is 0 Å². The summed E-state index contributed by atoms with van der Waals surface area (Å²) in [4.78, 5) is 4.37. The number of hydrogen-bond acceptors (Lipinski definition) is 3. The monoisotopic (exact) mass is 293 g/mol. The first kappa shape index (κ1) is 14.9. The molecule has 0 fully saturated rings. The Labute approximate surface area is 124 Å². The van der Waals surface area contributed by atoms with Crippen LogP contribution in [0, 0.1) is 0 Å². The van der Waals surface area contributed by atoms with Gasteiger partial charge in [-0.25, -0.2) is 4.98 Å². The minimum atomic E-state index is 0.187. The number of aromatic nitrogens is 2. The molecule has 1 N–H and O–H groups in total. The summed E-state index contributed by atoms with van der Waals surface area (Å²) in [6.07, 6.45) is 3.77. The van der Waals surface area contributed by atoms with Crippen molar-refractivity contribution in [3.8, 4) is 0 Å². The second kappa shape index (κ2) is 6.77. The molecule has 0 saturated carbocycles. The van der Waals surface area contributed by atoms with Crippen molar-refractivity contribution in [2.45, 2.75) is 25.9 Å². The molecule has 0 bridgehead atoms. The highest BCUT2D eigenvalue weighted by molar-refractivity contribution is 6.30. The second-order valence-electron chi connectivity index (χ2n) is 4.89. The van der Waals surface area contributed by atoms with Crippen molar-refractivity contribution >= 4 is 17.5 Å². The summed E-state index contributed by atoms with van der Waals surface area (Å²) in [6.45, 7) is 4.84. The summed E-state index contributed by atoms with van der Waals surface area (Å²) in [7, 11) is 1.70. The molecule has 2 atom stereocenters. The van der Waals surface area contributed by atoms with E-state index in [-0.39, 0.29) is 12.1 Å². The smallest absolute Gasteiger partial charge is 0.203 e. The van der Waals surface area contributed by atoms with E-state index < -0.39 is 0 Å². The van der Waals surface area contributed by atoms with Gasteiger partial charge in [0.05, 0.1) is 12.6 Å². The summed E-state index contributed by atoms with van der Waals surface area (Å²) in [6, 6.07) is 8.28. The Bertz CT molecular complexity index is 538. The number of methoxy groups -OCH3 is 1. The molecule has 5 heteroatoms. The van der Waals surface area contributed by atoms with Gasteiger partial charge in [-0.05, 0) is 31.5 Å². The summed E-state index contributed by atoms with van der Waals surface area (Å²) < 4.78 is 7.24. The standard InChI is InChI=1S/C15H20ClN3O/c1-11(10-20-3)18-15-17-8-9-19(15)12(2)13-4-6-14(16)7-5-13/h4-9,11-12H,10H2,1-3H3,(H,17,18). The van der Waals surface area contributed by atoms with E-state index in [1.807, 2.05) is 30.5 Å². The van der Waals surface area contributed by atoms with Crippen LogP contribution in [-0.2, 0) is 4.74 Å². The third-order valence-corrected chi connectivity index (χ3v) is 3.48. The van der Waals surface area contributed by atoms with Crippen LogP contribution in [0.15, 0.2) is 36.7 Å². The van der Waals surface area contributed by atoms with Gasteiger partial charge in [0.1, 0.15) is 0 Å². The van der Waals surface area contributed by atoms with E-state index in [0.717, 1.165) is 11.0 Å². The average Bonchev–Trinajstić information content (AvgIpc) is 2.87. The predicted molar refractivity (Wildman–Crippen MR) is 82.5 cm³/mol. The summed E-state index contributed by atoms with van der Waals surface area (Å²) in [5.74, 6) is 0.844. The Morgan fingerprint density at radius 1 is 1.30 bits per heavy atom. The highest BCUT2D eigenvalue weighted by Crippen LogP contribution is 2.23. The lowest BCUT2D eigenvalue weighted by Gasteiger charge is -2.20. The van der Waals surface area contributed by atoms with Crippen LogP contribution >= 0.6 is 11.6 Å². The van der Waals surface area contributed by atoms with E-state index in [1.165, 1.54) is 5.56 Å². The number of nitrogens with zero attached hydrogens (tertiary/aromatic N) is 2. The van der Waals surface area contributed by atoms with Crippen LogP contribution < -0.4 is 5.32 Å². The summed E-state index contributed by atoms with van der Waals surface area (Å²) >= 11 is 5.93. The van der Waals surface area contributed by atoms with E-state index >= 15 is 0 Å². The van der Waals surface area contributed by atoms with E-state index in [0.29, 0.717) is 6.61 Å². The van der Waals surface area contributed by atoms with Gasteiger partial charge in [-0.2, -0.15) is 0 Å². The molecular formula is C15H20ClN3O. The van der Waals surface area contributed by atoms with Crippen molar-refractivity contribution in [3.05, 3.63) is 47.2 Å². The number of halogens is 1. The summed E-state index contributed by atoms with van der Waals surface area (Å²) in [5.41, 5.74) is 1.19. The molecule has 0 radical (unpaired) electrons. The normalized spacial score (nSPS) is 14.0. The van der Waals surface area contributed by atoms with E-state index in [9.17, 15) is 0 Å². The van der Waals surface area contributed by atoms with Crippen LogP contribution in [-0.4, -0.2) is 29.3 Å². The Morgan fingerprint density at radius 2 is 2.00 bits per heavy atom. The molecule has 0 saturated heterocycles. The minimum Gasteiger partial charge on any atom is -0.383 e. The number of nitrogens with one attached hydrogen (secondary N) is 1. The van der Waals surface area contributed by atoms with Crippen LogP contribution in [0.3, 0.4) is 0 Å². The van der Waals surface area contributed by atoms with Gasteiger partial charge < -0.3 is 14.6 Å². The Kier molecular flexibility index (Phi) is 5.04. The zero-order chi connectivity index (χ0) is 14.5. The zero-order valence-electron chi connectivity index (χ0n) is 12.0. The number of imidazole rings is 1. The van der Waals surface area contributed by atoms with Gasteiger partial charge in [0.25, 0.3) is 0 Å². The van der Waals surface area contributed by atoms with Crippen LogP contribution in [0.5, 0.6) is 0 Å². The van der Waals surface area contributed by atoms with Crippen molar-refractivity contribution in [3.63, 3.8) is 0 Å². The Hall–Kier alpha value is -1.52. The molecule has 0 aliphatic carbocycles. The topological polar surface area (TPSA) is 39.1 Å². The molecule has 0 aliphatic rings. The van der Waals surface area contributed by atoms with Crippen LogP contribution in [0.4, 0.5) is 5.95 Å². The SMILES string of the molecule is COCC(C)Nc1nccn1C(C)c1ccc(Cl)cc1. The van der Waals surface area contributed by atoms with Crippen molar-refractivity contribution in [1.82, 2.24) is 9.55 Å². The van der Waals surface area contributed by atoms with Gasteiger partial charge in [0, 0.05) is 30.6 Å². The molecule has 108 valence electrons. The van der Waals surface area contributed by atoms with Gasteiger partial charge >= 0.3 is 0 Å². The minimum absolute atomic E-state index is 0.187. The molecular weight excluding hydrogens is 274 g/mol. The third kappa shape index (κ3) is 3.52. The molecule has 0 amide bonds. The van der Waals surface area contributed by atoms with Crippen LogP contribution in [0.2, 0.25) is 5.02 Å². The molecule has 2 rings (SSSR count). The molecule has 2 unspecified atom stereocenters. The number of hydrogen-bond donors (Lipinski definition) is 1. The molecule has 1 aromatic carbocycles. The number of rotatable bonds is 6. The first-order valence-electron chi connectivity index (χ1n) is 6.65. The van der Waals surface area contributed by atoms with Gasteiger partial charge in [0.15, 0.2) is 0 Å². The maximum Gasteiger partial charge on any atom is 0.203 e. The van der Waals surface area contributed by atoms with Crippen LogP contribution in [0.25, 0.3) is 0 Å². The zero-order valence-corrected chi connectivity index (χ0v) is 12.8. The fourth-order valence-corrected chi connectivity index (χ4v) is 2.28. The lowest BCUT2D eigenvalue weighted by atomic mass is 10.1. The van der Waals surface area contributed by atoms with E-state index in [1.54, 1.807) is 13.3 Å². The molecule has 0 aliphatic heterocycles. The van der Waals surface area contributed by atoms with Gasteiger partial charge in [-0.3, -0.25) is 0 Å². The van der Waals surface area contributed by atoms with E-state index in [2.05, 4.69) is 28.7 Å². The fraction of sp³-hybridized carbons (Fsp3) is 0.400. The quantitative estimate of drug-likeness (QED) is 0.884. The molecule has 2 aromatic rings. The average molecular weight is 294 g/mol. The molecule has 1 heterocycles. The number of anilines is 1. The van der Waals surface area contributed by atoms with Crippen molar-refractivity contribution < 1.29 is 4.74 Å². The molecule has 1 aromatic heterocycles. The highest BCUT2D eigenvalue weighted by Gasteiger charge is 2.13.